The van der Waals surface area contributed by atoms with Gasteiger partial charge in [0.15, 0.2) is 0 Å². The van der Waals surface area contributed by atoms with Crippen LogP contribution in [0.25, 0.3) is 12.2 Å². The lowest BCUT2D eigenvalue weighted by Crippen LogP contribution is -1.96. The zero-order valence-electron chi connectivity index (χ0n) is 11.5. The van der Waals surface area contributed by atoms with Crippen LogP contribution in [0.4, 0.5) is 0 Å². The first-order valence-corrected chi connectivity index (χ1v) is 6.82. The Morgan fingerprint density at radius 2 is 2.10 bits per heavy atom. The Morgan fingerprint density at radius 1 is 1.30 bits per heavy atom. The van der Waals surface area contributed by atoms with Gasteiger partial charge in [-0.2, -0.15) is 0 Å². The van der Waals surface area contributed by atoms with Gasteiger partial charge in [0.2, 0.25) is 0 Å². The fraction of sp³-hybridized carbons (Fsp3) is 0.200. The maximum atomic E-state index is 11.3. The van der Waals surface area contributed by atoms with Crippen molar-refractivity contribution in [1.29, 1.82) is 0 Å². The highest BCUT2D eigenvalue weighted by Gasteiger charge is 2.08. The third kappa shape index (κ3) is 3.24. The molecule has 0 spiro atoms. The molecule has 0 unspecified atom stereocenters. The monoisotopic (exact) mass is 289 g/mol. The maximum absolute atomic E-state index is 11.3. The van der Waals surface area contributed by atoms with E-state index in [1.165, 1.54) is 24.6 Å². The van der Waals surface area contributed by atoms with E-state index >= 15 is 0 Å². The fourth-order valence-electron chi connectivity index (χ4n) is 1.73. The van der Waals surface area contributed by atoms with Crippen molar-refractivity contribution in [3.8, 4) is 5.75 Å². The molecule has 0 bridgehead atoms. The summed E-state index contributed by atoms with van der Waals surface area (Å²) < 4.78 is 9.87. The summed E-state index contributed by atoms with van der Waals surface area (Å²) >= 11 is 1.30. The first-order chi connectivity index (χ1) is 9.63. The van der Waals surface area contributed by atoms with Crippen LogP contribution in [0, 0.1) is 6.92 Å². The highest BCUT2D eigenvalue weighted by molar-refractivity contribution is 7.14. The largest absolute Gasteiger partial charge is 0.496 e. The van der Waals surface area contributed by atoms with Crippen molar-refractivity contribution in [3.63, 3.8) is 0 Å². The minimum absolute atomic E-state index is 0.359. The molecule has 0 saturated heterocycles. The number of methoxy groups -OCH3 is 2. The maximum Gasteiger partial charge on any atom is 0.349 e. The van der Waals surface area contributed by atoms with Gasteiger partial charge in [-0.25, -0.2) is 9.78 Å². The van der Waals surface area contributed by atoms with Crippen LogP contribution in [0.5, 0.6) is 5.75 Å². The van der Waals surface area contributed by atoms with Crippen LogP contribution in [-0.2, 0) is 4.74 Å². The number of aromatic nitrogens is 1. The third-order valence-electron chi connectivity index (χ3n) is 2.75. The van der Waals surface area contributed by atoms with E-state index < -0.39 is 0 Å². The summed E-state index contributed by atoms with van der Waals surface area (Å²) in [6, 6.07) is 5.93. The fourth-order valence-corrected chi connectivity index (χ4v) is 2.47. The molecule has 1 heterocycles. The number of aryl methyl sites for hydroxylation is 1. The Hall–Kier alpha value is -2.14. The Labute approximate surface area is 121 Å². The molecule has 0 aliphatic carbocycles. The van der Waals surface area contributed by atoms with Crippen molar-refractivity contribution in [2.45, 2.75) is 6.92 Å². The van der Waals surface area contributed by atoms with Crippen LogP contribution < -0.4 is 4.74 Å². The highest BCUT2D eigenvalue weighted by atomic mass is 32.1. The number of thiazole rings is 1. The number of esters is 1. The molecule has 5 heteroatoms. The minimum atomic E-state index is -0.359. The number of benzene rings is 1. The van der Waals surface area contributed by atoms with Crippen LogP contribution in [-0.4, -0.2) is 25.2 Å². The van der Waals surface area contributed by atoms with Crippen molar-refractivity contribution >= 4 is 29.5 Å². The van der Waals surface area contributed by atoms with Crippen LogP contribution >= 0.6 is 11.3 Å². The molecule has 0 atom stereocenters. The predicted octanol–water partition coefficient (Wildman–Crippen LogP) is 3.42. The molecule has 0 aliphatic heterocycles. The SMILES string of the molecule is COC(=O)c1cnc(/C=C/c2ccc(OC)c(C)c2)s1. The number of rotatable bonds is 4. The molecule has 20 heavy (non-hydrogen) atoms. The molecule has 0 N–H and O–H groups in total. The Morgan fingerprint density at radius 3 is 2.75 bits per heavy atom. The summed E-state index contributed by atoms with van der Waals surface area (Å²) in [5, 5.41) is 0.763. The quantitative estimate of drug-likeness (QED) is 0.809. The van der Waals surface area contributed by atoms with Gasteiger partial charge in [-0.1, -0.05) is 12.1 Å². The first kappa shape index (κ1) is 14.3. The van der Waals surface area contributed by atoms with E-state index in [1.54, 1.807) is 7.11 Å². The van der Waals surface area contributed by atoms with Crippen LogP contribution in [0.1, 0.15) is 25.8 Å². The molecule has 0 fully saturated rings. The molecule has 104 valence electrons. The molecule has 1 aromatic heterocycles. The molecule has 0 radical (unpaired) electrons. The molecule has 4 nitrogen and oxygen atoms in total. The number of hydrogen-bond donors (Lipinski definition) is 0. The topological polar surface area (TPSA) is 48.4 Å². The first-order valence-electron chi connectivity index (χ1n) is 6.01. The molecule has 2 aromatic rings. The number of nitrogens with zero attached hydrogens (tertiary/aromatic N) is 1. The van der Waals surface area contributed by atoms with Crippen molar-refractivity contribution in [2.24, 2.45) is 0 Å². The zero-order chi connectivity index (χ0) is 14.5. The zero-order valence-corrected chi connectivity index (χ0v) is 12.4. The lowest BCUT2D eigenvalue weighted by Gasteiger charge is -2.04. The highest BCUT2D eigenvalue weighted by Crippen LogP contribution is 2.21. The second kappa shape index (κ2) is 6.34. The van der Waals surface area contributed by atoms with Crippen molar-refractivity contribution in [1.82, 2.24) is 4.98 Å². The second-order valence-corrected chi connectivity index (χ2v) is 5.18. The summed E-state index contributed by atoms with van der Waals surface area (Å²) in [5.74, 6) is 0.506. The standard InChI is InChI=1S/C15H15NO3S/c1-10-8-11(4-6-12(10)18-2)5-7-14-16-9-13(20-14)15(17)19-3/h4-9H,1-3H3/b7-5+. The molecule has 0 saturated carbocycles. The molecule has 0 amide bonds. The van der Waals surface area contributed by atoms with Crippen LogP contribution in [0.3, 0.4) is 0 Å². The van der Waals surface area contributed by atoms with Gasteiger partial charge in [0.25, 0.3) is 0 Å². The molecule has 2 rings (SSSR count). The summed E-state index contributed by atoms with van der Waals surface area (Å²) in [6.45, 7) is 1.99. The summed E-state index contributed by atoms with van der Waals surface area (Å²) in [5.41, 5.74) is 2.13. The van der Waals surface area contributed by atoms with Gasteiger partial charge < -0.3 is 9.47 Å². The Bertz CT molecular complexity index is 646. The number of hydrogen-bond acceptors (Lipinski definition) is 5. The van der Waals surface area contributed by atoms with Gasteiger partial charge in [0.05, 0.1) is 20.4 Å². The number of carbonyl (C=O) groups excluding carboxylic acids is 1. The lowest BCUT2D eigenvalue weighted by molar-refractivity contribution is 0.0606. The summed E-state index contributed by atoms with van der Waals surface area (Å²) in [6.07, 6.45) is 5.35. The Balaban J connectivity index is 2.15. The van der Waals surface area contributed by atoms with E-state index in [9.17, 15) is 4.79 Å². The lowest BCUT2D eigenvalue weighted by atomic mass is 10.1. The molecular formula is C15H15NO3S. The third-order valence-corrected chi connectivity index (χ3v) is 3.69. The van der Waals surface area contributed by atoms with Gasteiger partial charge >= 0.3 is 5.97 Å². The van der Waals surface area contributed by atoms with Crippen LogP contribution in [0.2, 0.25) is 0 Å². The average molecular weight is 289 g/mol. The van der Waals surface area contributed by atoms with E-state index in [1.807, 2.05) is 37.3 Å². The molecule has 0 aliphatic rings. The molecule has 1 aromatic carbocycles. The van der Waals surface area contributed by atoms with Crippen molar-refractivity contribution in [2.75, 3.05) is 14.2 Å². The predicted molar refractivity (Wildman–Crippen MR) is 80.1 cm³/mol. The molecular weight excluding hydrogens is 274 g/mol. The number of ether oxygens (including phenoxy) is 2. The summed E-state index contributed by atoms with van der Waals surface area (Å²) in [4.78, 5) is 16.0. The van der Waals surface area contributed by atoms with E-state index in [0.717, 1.165) is 21.9 Å². The van der Waals surface area contributed by atoms with Gasteiger partial charge in [-0.05, 0) is 36.3 Å². The van der Waals surface area contributed by atoms with Crippen molar-refractivity contribution < 1.29 is 14.3 Å². The van der Waals surface area contributed by atoms with E-state index in [4.69, 9.17) is 4.74 Å². The van der Waals surface area contributed by atoms with Crippen LogP contribution in [0.15, 0.2) is 24.4 Å². The van der Waals surface area contributed by atoms with E-state index in [2.05, 4.69) is 9.72 Å². The minimum Gasteiger partial charge on any atom is -0.496 e. The van der Waals surface area contributed by atoms with E-state index in [0.29, 0.717) is 4.88 Å². The normalized spacial score (nSPS) is 10.8. The Kier molecular flexibility index (Phi) is 4.53. The van der Waals surface area contributed by atoms with E-state index in [-0.39, 0.29) is 5.97 Å². The van der Waals surface area contributed by atoms with Gasteiger partial charge in [0.1, 0.15) is 15.6 Å². The second-order valence-electron chi connectivity index (χ2n) is 4.12. The van der Waals surface area contributed by atoms with Crippen molar-refractivity contribution in [3.05, 3.63) is 45.4 Å². The average Bonchev–Trinajstić information content (AvgIpc) is 2.93. The number of carbonyl (C=O) groups is 1. The smallest absolute Gasteiger partial charge is 0.349 e. The van der Waals surface area contributed by atoms with Gasteiger partial charge in [-0.3, -0.25) is 0 Å². The van der Waals surface area contributed by atoms with Gasteiger partial charge in [-0.15, -0.1) is 11.3 Å². The van der Waals surface area contributed by atoms with Gasteiger partial charge in [0, 0.05) is 0 Å². The summed E-state index contributed by atoms with van der Waals surface area (Å²) in [7, 11) is 3.01.